The molecule has 2 nitrogen and oxygen atoms in total. The van der Waals surface area contributed by atoms with Crippen LogP contribution in [-0.4, -0.2) is 0 Å². The van der Waals surface area contributed by atoms with Crippen LogP contribution in [0.4, 0.5) is 14.5 Å². The number of nitrogens with one attached hydrogen (secondary N) is 1. The van der Waals surface area contributed by atoms with E-state index >= 15 is 0 Å². The zero-order valence-electron chi connectivity index (χ0n) is 10.6. The normalized spacial score (nSPS) is 11.8. The van der Waals surface area contributed by atoms with E-state index in [0.29, 0.717) is 11.3 Å². The van der Waals surface area contributed by atoms with Gasteiger partial charge in [0, 0.05) is 16.3 Å². The summed E-state index contributed by atoms with van der Waals surface area (Å²) in [7, 11) is 0. The van der Waals surface area contributed by atoms with Crippen LogP contribution in [0.5, 0.6) is 0 Å². The minimum absolute atomic E-state index is 0.0542. The summed E-state index contributed by atoms with van der Waals surface area (Å²) in [6, 6.07) is 9.40. The van der Waals surface area contributed by atoms with Gasteiger partial charge in [0.1, 0.15) is 17.7 Å². The highest BCUT2D eigenvalue weighted by molar-refractivity contribution is 6.31. The quantitative estimate of drug-likeness (QED) is 0.897. The first kappa shape index (κ1) is 14.3. The van der Waals surface area contributed by atoms with Crippen molar-refractivity contribution in [3.8, 4) is 6.07 Å². The summed E-state index contributed by atoms with van der Waals surface area (Å²) >= 11 is 5.93. The van der Waals surface area contributed by atoms with Gasteiger partial charge >= 0.3 is 0 Å². The average Bonchev–Trinajstić information content (AvgIpc) is 2.36. The molecule has 5 heteroatoms. The van der Waals surface area contributed by atoms with Crippen LogP contribution in [0.2, 0.25) is 5.02 Å². The molecule has 0 aliphatic carbocycles. The summed E-state index contributed by atoms with van der Waals surface area (Å²) in [5, 5.41) is 12.1. The van der Waals surface area contributed by atoms with Gasteiger partial charge in [0.25, 0.3) is 0 Å². The SMILES string of the molecule is Cc1cc(F)cc(NC(C#N)c2c(F)cccc2Cl)c1. The Kier molecular flexibility index (Phi) is 4.21. The van der Waals surface area contributed by atoms with Gasteiger partial charge in [-0.2, -0.15) is 5.26 Å². The Hall–Kier alpha value is -2.12. The lowest BCUT2D eigenvalue weighted by atomic mass is 10.1. The monoisotopic (exact) mass is 292 g/mol. The molecule has 2 rings (SSSR count). The van der Waals surface area contributed by atoms with Crippen LogP contribution in [0.15, 0.2) is 36.4 Å². The van der Waals surface area contributed by atoms with Crippen molar-refractivity contribution in [3.63, 3.8) is 0 Å². The highest BCUT2D eigenvalue weighted by Gasteiger charge is 2.18. The molecule has 0 spiro atoms. The first-order chi connectivity index (χ1) is 9.51. The molecule has 1 unspecified atom stereocenters. The molecule has 1 atom stereocenters. The number of anilines is 1. The predicted molar refractivity (Wildman–Crippen MR) is 74.5 cm³/mol. The van der Waals surface area contributed by atoms with E-state index in [0.717, 1.165) is 0 Å². The molecule has 0 amide bonds. The summed E-state index contributed by atoms with van der Waals surface area (Å²) in [5.41, 5.74) is 1.15. The molecule has 2 aromatic carbocycles. The Bertz CT molecular complexity index is 640. The summed E-state index contributed by atoms with van der Waals surface area (Å²) in [6.45, 7) is 1.73. The lowest BCUT2D eigenvalue weighted by molar-refractivity contribution is 0.607. The second kappa shape index (κ2) is 5.89. The molecule has 0 saturated carbocycles. The van der Waals surface area contributed by atoms with E-state index in [1.165, 1.54) is 30.3 Å². The van der Waals surface area contributed by atoms with Gasteiger partial charge in [-0.1, -0.05) is 17.7 Å². The van der Waals surface area contributed by atoms with E-state index in [2.05, 4.69) is 5.32 Å². The van der Waals surface area contributed by atoms with Crippen molar-refractivity contribution in [3.05, 3.63) is 64.2 Å². The van der Waals surface area contributed by atoms with E-state index in [4.69, 9.17) is 11.6 Å². The topological polar surface area (TPSA) is 35.8 Å². The van der Waals surface area contributed by atoms with E-state index < -0.39 is 17.7 Å². The Morgan fingerprint density at radius 2 is 2.00 bits per heavy atom. The number of halogens is 3. The molecular weight excluding hydrogens is 282 g/mol. The van der Waals surface area contributed by atoms with Crippen molar-refractivity contribution in [1.29, 1.82) is 5.26 Å². The zero-order valence-corrected chi connectivity index (χ0v) is 11.4. The van der Waals surface area contributed by atoms with E-state index in [1.54, 1.807) is 13.0 Å². The fourth-order valence-electron chi connectivity index (χ4n) is 1.94. The van der Waals surface area contributed by atoms with Gasteiger partial charge in [-0.05, 0) is 42.8 Å². The number of rotatable bonds is 3. The van der Waals surface area contributed by atoms with Crippen LogP contribution in [0.25, 0.3) is 0 Å². The van der Waals surface area contributed by atoms with E-state index in [-0.39, 0.29) is 10.6 Å². The van der Waals surface area contributed by atoms with Crippen molar-refractivity contribution in [2.45, 2.75) is 13.0 Å². The molecule has 0 aromatic heterocycles. The summed E-state index contributed by atoms with van der Waals surface area (Å²) < 4.78 is 27.1. The van der Waals surface area contributed by atoms with Gasteiger partial charge < -0.3 is 5.32 Å². The van der Waals surface area contributed by atoms with Crippen LogP contribution in [-0.2, 0) is 0 Å². The second-order valence-corrected chi connectivity index (χ2v) is 4.77. The zero-order chi connectivity index (χ0) is 14.7. The average molecular weight is 293 g/mol. The van der Waals surface area contributed by atoms with Crippen LogP contribution in [0.1, 0.15) is 17.2 Å². The molecule has 20 heavy (non-hydrogen) atoms. The van der Waals surface area contributed by atoms with Crippen molar-refractivity contribution in [1.82, 2.24) is 0 Å². The summed E-state index contributed by atoms with van der Waals surface area (Å²) in [5.74, 6) is -1.01. The van der Waals surface area contributed by atoms with Crippen molar-refractivity contribution >= 4 is 17.3 Å². The van der Waals surface area contributed by atoms with Crippen molar-refractivity contribution in [2.75, 3.05) is 5.32 Å². The van der Waals surface area contributed by atoms with Gasteiger partial charge in [-0.3, -0.25) is 0 Å². The minimum Gasteiger partial charge on any atom is -0.366 e. The minimum atomic E-state index is -0.995. The van der Waals surface area contributed by atoms with Gasteiger partial charge in [0.15, 0.2) is 0 Å². The number of nitriles is 1. The fourth-order valence-corrected chi connectivity index (χ4v) is 2.21. The Balaban J connectivity index is 2.37. The molecule has 2 aromatic rings. The maximum atomic E-state index is 13.8. The highest BCUT2D eigenvalue weighted by atomic mass is 35.5. The first-order valence-corrected chi connectivity index (χ1v) is 6.26. The number of nitrogens with zero attached hydrogens (tertiary/aromatic N) is 1. The standard InChI is InChI=1S/C15H11ClF2N2/c1-9-5-10(17)7-11(6-9)20-14(8-19)15-12(16)3-2-4-13(15)18/h2-7,14,20H,1H3. The lowest BCUT2D eigenvalue weighted by Crippen LogP contribution is -2.11. The number of hydrogen-bond acceptors (Lipinski definition) is 2. The first-order valence-electron chi connectivity index (χ1n) is 5.88. The smallest absolute Gasteiger partial charge is 0.144 e. The van der Waals surface area contributed by atoms with Gasteiger partial charge in [-0.15, -0.1) is 0 Å². The Morgan fingerprint density at radius 3 is 2.60 bits per heavy atom. The molecule has 0 fully saturated rings. The summed E-state index contributed by atoms with van der Waals surface area (Å²) in [6.07, 6.45) is 0. The van der Waals surface area contributed by atoms with Crippen LogP contribution in [0, 0.1) is 29.9 Å². The lowest BCUT2D eigenvalue weighted by Gasteiger charge is -2.16. The molecule has 0 heterocycles. The molecular formula is C15H11ClF2N2. The third kappa shape index (κ3) is 3.06. The molecule has 0 aliphatic heterocycles. The second-order valence-electron chi connectivity index (χ2n) is 4.36. The number of benzene rings is 2. The Morgan fingerprint density at radius 1 is 1.25 bits per heavy atom. The molecule has 0 saturated heterocycles. The number of aryl methyl sites for hydroxylation is 1. The summed E-state index contributed by atoms with van der Waals surface area (Å²) in [4.78, 5) is 0. The predicted octanol–water partition coefficient (Wildman–Crippen LogP) is 4.60. The molecule has 0 aliphatic rings. The number of hydrogen-bond donors (Lipinski definition) is 1. The van der Waals surface area contributed by atoms with Gasteiger partial charge in [0.05, 0.1) is 6.07 Å². The van der Waals surface area contributed by atoms with Crippen LogP contribution < -0.4 is 5.32 Å². The molecule has 0 radical (unpaired) electrons. The maximum Gasteiger partial charge on any atom is 0.144 e. The maximum absolute atomic E-state index is 13.8. The van der Waals surface area contributed by atoms with Gasteiger partial charge in [0.2, 0.25) is 0 Å². The third-order valence-electron chi connectivity index (χ3n) is 2.77. The molecule has 102 valence electrons. The van der Waals surface area contributed by atoms with Crippen molar-refractivity contribution in [2.24, 2.45) is 0 Å². The van der Waals surface area contributed by atoms with E-state index in [9.17, 15) is 14.0 Å². The third-order valence-corrected chi connectivity index (χ3v) is 3.10. The van der Waals surface area contributed by atoms with Crippen LogP contribution in [0.3, 0.4) is 0 Å². The fraction of sp³-hybridized carbons (Fsp3) is 0.133. The van der Waals surface area contributed by atoms with E-state index in [1.807, 2.05) is 6.07 Å². The molecule has 0 bridgehead atoms. The van der Waals surface area contributed by atoms with Gasteiger partial charge in [-0.25, -0.2) is 8.78 Å². The molecule has 1 N–H and O–H groups in total. The highest BCUT2D eigenvalue weighted by Crippen LogP contribution is 2.28. The Labute approximate surface area is 120 Å². The van der Waals surface area contributed by atoms with Crippen molar-refractivity contribution < 1.29 is 8.78 Å². The largest absolute Gasteiger partial charge is 0.366 e. The van der Waals surface area contributed by atoms with Crippen LogP contribution >= 0.6 is 11.6 Å².